The molecule has 0 unspecified atom stereocenters. The molecule has 0 spiro atoms. The first-order valence-electron chi connectivity index (χ1n) is 9.42. The molecule has 0 saturated carbocycles. The summed E-state index contributed by atoms with van der Waals surface area (Å²) in [5.41, 5.74) is 1.28. The first-order valence-corrected chi connectivity index (χ1v) is 9.42. The van der Waals surface area contributed by atoms with Crippen LogP contribution in [0.25, 0.3) is 17.0 Å². The van der Waals surface area contributed by atoms with E-state index in [0.29, 0.717) is 22.6 Å². The average Bonchev–Trinajstić information content (AvgIpc) is 3.17. The van der Waals surface area contributed by atoms with E-state index in [1.165, 1.54) is 29.8 Å². The number of nitrogens with zero attached hydrogens (tertiary/aromatic N) is 3. The number of fused-ring (bicyclic) bond motifs is 1. The lowest BCUT2D eigenvalue weighted by Crippen LogP contribution is -2.19. The fourth-order valence-electron chi connectivity index (χ4n) is 3.00. The smallest absolute Gasteiger partial charge is 0.308 e. The Hall–Kier alpha value is -4.21. The van der Waals surface area contributed by atoms with Crippen LogP contribution < -0.4 is 10.6 Å². The minimum atomic E-state index is -4.47. The van der Waals surface area contributed by atoms with Crippen molar-refractivity contribution in [2.45, 2.75) is 13.1 Å². The molecular formula is C22H16F3N5O2. The Morgan fingerprint density at radius 1 is 0.938 bits per heavy atom. The molecule has 2 aromatic carbocycles. The van der Waals surface area contributed by atoms with Gasteiger partial charge in [0.25, 0.3) is 0 Å². The van der Waals surface area contributed by atoms with Crippen LogP contribution in [0.3, 0.4) is 0 Å². The zero-order valence-electron chi connectivity index (χ0n) is 16.6. The lowest BCUT2D eigenvalue weighted by Gasteiger charge is -2.08. The summed E-state index contributed by atoms with van der Waals surface area (Å²) in [6, 6.07) is 13.8. The van der Waals surface area contributed by atoms with E-state index in [9.17, 15) is 22.8 Å². The number of alkyl halides is 3. The van der Waals surface area contributed by atoms with Gasteiger partial charge >= 0.3 is 12.2 Å². The van der Waals surface area contributed by atoms with Gasteiger partial charge in [-0.25, -0.2) is 14.3 Å². The van der Waals surface area contributed by atoms with E-state index in [0.717, 1.165) is 12.1 Å². The number of halogens is 3. The number of pyridine rings is 1. The number of carbonyl (C=O) groups excluding carboxylic acids is 2. The van der Waals surface area contributed by atoms with Gasteiger partial charge in [-0.2, -0.15) is 13.2 Å². The van der Waals surface area contributed by atoms with Gasteiger partial charge < -0.3 is 10.6 Å². The van der Waals surface area contributed by atoms with Crippen molar-refractivity contribution < 1.29 is 22.8 Å². The highest BCUT2D eigenvalue weighted by atomic mass is 19.4. The van der Waals surface area contributed by atoms with Crippen molar-refractivity contribution in [1.29, 1.82) is 0 Å². The molecule has 2 amide bonds. The van der Waals surface area contributed by atoms with Crippen molar-refractivity contribution in [3.05, 3.63) is 78.0 Å². The number of aromatic nitrogens is 3. The van der Waals surface area contributed by atoms with E-state index in [-0.39, 0.29) is 17.2 Å². The van der Waals surface area contributed by atoms with E-state index in [4.69, 9.17) is 0 Å². The van der Waals surface area contributed by atoms with Gasteiger partial charge in [-0.3, -0.25) is 4.79 Å². The molecule has 2 N–H and O–H groups in total. The van der Waals surface area contributed by atoms with E-state index in [1.54, 1.807) is 36.4 Å². The molecule has 0 aliphatic carbocycles. The zero-order valence-corrected chi connectivity index (χ0v) is 16.6. The lowest BCUT2D eigenvalue weighted by atomic mass is 10.1. The fourth-order valence-corrected chi connectivity index (χ4v) is 3.00. The van der Waals surface area contributed by atoms with Gasteiger partial charge in [-0.05, 0) is 55.5 Å². The van der Waals surface area contributed by atoms with Crippen LogP contribution in [0.5, 0.6) is 0 Å². The molecule has 0 atom stereocenters. The maximum atomic E-state index is 13.0. The highest BCUT2D eigenvalue weighted by Crippen LogP contribution is 2.31. The Bertz CT molecular complexity index is 1310. The lowest BCUT2D eigenvalue weighted by molar-refractivity contribution is -0.137. The van der Waals surface area contributed by atoms with Gasteiger partial charge in [0, 0.05) is 16.8 Å². The standard InChI is InChI=1S/C22H16F3N5O2/c1-13(31)14-5-7-17(8-6-14)26-21(32)27-18-9-10-19-28-20(29-30(19)12-18)15-3-2-4-16(11-15)22(23,24)25/h2-12H,1H3,(H2,26,27,32). The Morgan fingerprint density at radius 3 is 2.31 bits per heavy atom. The normalized spacial score (nSPS) is 11.4. The summed E-state index contributed by atoms with van der Waals surface area (Å²) < 4.78 is 40.3. The molecule has 0 bridgehead atoms. The molecule has 10 heteroatoms. The number of amides is 2. The van der Waals surface area contributed by atoms with Crippen LogP contribution in [0.1, 0.15) is 22.8 Å². The van der Waals surface area contributed by atoms with Crippen molar-refractivity contribution in [3.8, 4) is 11.4 Å². The van der Waals surface area contributed by atoms with Crippen LogP contribution in [0.2, 0.25) is 0 Å². The van der Waals surface area contributed by atoms with E-state index in [2.05, 4.69) is 20.7 Å². The van der Waals surface area contributed by atoms with Gasteiger partial charge in [0.2, 0.25) is 0 Å². The van der Waals surface area contributed by atoms with Crippen molar-refractivity contribution in [1.82, 2.24) is 14.6 Å². The second kappa shape index (κ2) is 8.14. The third kappa shape index (κ3) is 4.59. The number of ketones is 1. The van der Waals surface area contributed by atoms with Crippen LogP contribution in [0, 0.1) is 0 Å². The largest absolute Gasteiger partial charge is 0.416 e. The monoisotopic (exact) mass is 439 g/mol. The second-order valence-corrected chi connectivity index (χ2v) is 6.95. The minimum Gasteiger partial charge on any atom is -0.308 e. The predicted octanol–water partition coefficient (Wildman–Crippen LogP) is 5.26. The summed E-state index contributed by atoms with van der Waals surface area (Å²) in [4.78, 5) is 27.8. The van der Waals surface area contributed by atoms with Crippen LogP contribution in [0.15, 0.2) is 66.9 Å². The summed E-state index contributed by atoms with van der Waals surface area (Å²) in [5, 5.41) is 9.51. The van der Waals surface area contributed by atoms with Crippen molar-refractivity contribution in [2.75, 3.05) is 10.6 Å². The molecule has 0 aliphatic heterocycles. The number of benzene rings is 2. The van der Waals surface area contributed by atoms with Crippen molar-refractivity contribution in [3.63, 3.8) is 0 Å². The highest BCUT2D eigenvalue weighted by Gasteiger charge is 2.30. The Morgan fingerprint density at radius 2 is 1.62 bits per heavy atom. The van der Waals surface area contributed by atoms with Crippen LogP contribution in [-0.4, -0.2) is 26.4 Å². The first kappa shape index (κ1) is 21.0. The van der Waals surface area contributed by atoms with Gasteiger partial charge in [0.05, 0.1) is 17.4 Å². The molecule has 2 heterocycles. The van der Waals surface area contributed by atoms with Crippen LogP contribution in [0.4, 0.5) is 29.3 Å². The van der Waals surface area contributed by atoms with E-state index < -0.39 is 17.8 Å². The topological polar surface area (TPSA) is 88.4 Å². The third-order valence-electron chi connectivity index (χ3n) is 4.59. The number of anilines is 2. The number of urea groups is 1. The molecule has 2 aromatic heterocycles. The number of carbonyl (C=O) groups is 2. The number of Topliss-reactive ketones (excluding diaryl/α,β-unsaturated/α-hetero) is 1. The maximum Gasteiger partial charge on any atom is 0.416 e. The second-order valence-electron chi connectivity index (χ2n) is 6.95. The SMILES string of the molecule is CC(=O)c1ccc(NC(=O)Nc2ccc3nc(-c4cccc(C(F)(F)F)c4)nn3c2)cc1. The predicted molar refractivity (Wildman–Crippen MR) is 113 cm³/mol. The molecule has 32 heavy (non-hydrogen) atoms. The summed E-state index contributed by atoms with van der Waals surface area (Å²) >= 11 is 0. The Kier molecular flexibility index (Phi) is 5.35. The molecule has 162 valence electrons. The molecule has 0 saturated heterocycles. The Labute approximate surface area is 179 Å². The summed E-state index contributed by atoms with van der Waals surface area (Å²) in [6.07, 6.45) is -2.97. The third-order valence-corrected chi connectivity index (χ3v) is 4.59. The maximum absolute atomic E-state index is 13.0. The molecular weight excluding hydrogens is 423 g/mol. The minimum absolute atomic E-state index is 0.0772. The van der Waals surface area contributed by atoms with Crippen molar-refractivity contribution in [2.24, 2.45) is 0 Å². The Balaban J connectivity index is 1.50. The van der Waals surface area contributed by atoms with Gasteiger partial charge in [-0.15, -0.1) is 5.10 Å². The molecule has 4 rings (SSSR count). The molecule has 0 fully saturated rings. The number of rotatable bonds is 4. The van der Waals surface area contributed by atoms with E-state index in [1.807, 2.05) is 0 Å². The van der Waals surface area contributed by atoms with E-state index >= 15 is 0 Å². The molecule has 0 aliphatic rings. The summed E-state index contributed by atoms with van der Waals surface area (Å²) in [6.45, 7) is 1.45. The summed E-state index contributed by atoms with van der Waals surface area (Å²) in [7, 11) is 0. The zero-order chi connectivity index (χ0) is 22.9. The number of nitrogens with one attached hydrogen (secondary N) is 2. The molecule has 7 nitrogen and oxygen atoms in total. The van der Waals surface area contributed by atoms with Crippen LogP contribution >= 0.6 is 0 Å². The number of hydrogen-bond acceptors (Lipinski definition) is 4. The van der Waals surface area contributed by atoms with Gasteiger partial charge in [0.1, 0.15) is 0 Å². The quantitative estimate of drug-likeness (QED) is 0.425. The average molecular weight is 439 g/mol. The first-order chi connectivity index (χ1) is 15.2. The van der Waals surface area contributed by atoms with Gasteiger partial charge in [0.15, 0.2) is 17.3 Å². The highest BCUT2D eigenvalue weighted by molar-refractivity contribution is 6.00. The molecule has 4 aromatic rings. The molecule has 0 radical (unpaired) electrons. The number of hydrogen-bond donors (Lipinski definition) is 2. The van der Waals surface area contributed by atoms with Crippen molar-refractivity contribution >= 4 is 28.8 Å². The summed E-state index contributed by atoms with van der Waals surface area (Å²) in [5.74, 6) is 0.0508. The fraction of sp³-hybridized carbons (Fsp3) is 0.0909. The van der Waals surface area contributed by atoms with Gasteiger partial charge in [-0.1, -0.05) is 12.1 Å². The van der Waals surface area contributed by atoms with Crippen LogP contribution in [-0.2, 0) is 6.18 Å².